The lowest BCUT2D eigenvalue weighted by Gasteiger charge is -2.09. The average molecular weight is 306 g/mol. The van der Waals surface area contributed by atoms with E-state index in [2.05, 4.69) is 16.7 Å². The number of nitrogens with one attached hydrogen (secondary N) is 1. The molecule has 5 nitrogen and oxygen atoms in total. The molecule has 0 radical (unpaired) electrons. The van der Waals surface area contributed by atoms with Crippen molar-refractivity contribution >= 4 is 29.1 Å². The van der Waals surface area contributed by atoms with E-state index in [0.717, 1.165) is 25.1 Å². The van der Waals surface area contributed by atoms with Gasteiger partial charge in [-0.15, -0.1) is 0 Å². The number of hydrogen-bond acceptors (Lipinski definition) is 5. The standard InChI is InChI=1S/C12H20ClN3O2S/c1-18-7-6-16-12(17)11(13)10(9-15-16)14-5-3-4-8-19-2/h9,14H,3-8H2,1-2H3. The Morgan fingerprint density at radius 2 is 2.32 bits per heavy atom. The molecule has 0 saturated heterocycles. The minimum Gasteiger partial charge on any atom is -0.383 e. The van der Waals surface area contributed by atoms with Gasteiger partial charge in [0, 0.05) is 13.7 Å². The molecule has 0 amide bonds. The zero-order valence-corrected chi connectivity index (χ0v) is 12.9. The highest BCUT2D eigenvalue weighted by molar-refractivity contribution is 7.98. The Morgan fingerprint density at radius 3 is 3.00 bits per heavy atom. The van der Waals surface area contributed by atoms with Crippen molar-refractivity contribution in [1.82, 2.24) is 9.78 Å². The molecule has 1 aromatic rings. The molecule has 0 aliphatic rings. The summed E-state index contributed by atoms with van der Waals surface area (Å²) in [6, 6.07) is 0. The molecule has 0 atom stereocenters. The van der Waals surface area contributed by atoms with Gasteiger partial charge in [0.15, 0.2) is 0 Å². The van der Waals surface area contributed by atoms with Crippen LogP contribution in [0.4, 0.5) is 5.69 Å². The van der Waals surface area contributed by atoms with Crippen LogP contribution >= 0.6 is 23.4 Å². The van der Waals surface area contributed by atoms with E-state index in [9.17, 15) is 4.79 Å². The molecule has 0 unspecified atom stereocenters. The first kappa shape index (κ1) is 16.3. The number of methoxy groups -OCH3 is 1. The second-order valence-electron chi connectivity index (χ2n) is 4.02. The van der Waals surface area contributed by atoms with Gasteiger partial charge in [0.2, 0.25) is 0 Å². The van der Waals surface area contributed by atoms with Crippen LogP contribution in [0, 0.1) is 0 Å². The predicted octanol–water partition coefficient (Wildman–Crippen LogP) is 2.10. The van der Waals surface area contributed by atoms with Gasteiger partial charge in [0.25, 0.3) is 5.56 Å². The van der Waals surface area contributed by atoms with Gasteiger partial charge in [0.1, 0.15) is 5.02 Å². The summed E-state index contributed by atoms with van der Waals surface area (Å²) in [5, 5.41) is 7.40. The van der Waals surface area contributed by atoms with E-state index in [1.807, 2.05) is 11.8 Å². The van der Waals surface area contributed by atoms with Gasteiger partial charge in [-0.2, -0.15) is 16.9 Å². The number of unbranched alkanes of at least 4 members (excludes halogenated alkanes) is 1. The molecule has 1 heterocycles. The summed E-state index contributed by atoms with van der Waals surface area (Å²) >= 11 is 7.87. The fraction of sp³-hybridized carbons (Fsp3) is 0.667. The fourth-order valence-corrected chi connectivity index (χ4v) is 2.23. The van der Waals surface area contributed by atoms with Gasteiger partial charge in [-0.1, -0.05) is 11.6 Å². The molecule has 0 aliphatic carbocycles. The number of nitrogens with zero attached hydrogens (tertiary/aromatic N) is 2. The quantitative estimate of drug-likeness (QED) is 0.708. The van der Waals surface area contributed by atoms with Crippen molar-refractivity contribution in [2.24, 2.45) is 0 Å². The lowest BCUT2D eigenvalue weighted by molar-refractivity contribution is 0.182. The number of aromatic nitrogens is 2. The number of halogens is 1. The smallest absolute Gasteiger partial charge is 0.287 e. The second kappa shape index (κ2) is 9.23. The SMILES string of the molecule is COCCn1ncc(NCCCCSC)c(Cl)c1=O. The van der Waals surface area contributed by atoms with Crippen LogP contribution in [0.1, 0.15) is 12.8 Å². The first-order valence-electron chi connectivity index (χ1n) is 6.18. The van der Waals surface area contributed by atoms with Crippen molar-refractivity contribution in [3.8, 4) is 0 Å². The van der Waals surface area contributed by atoms with Crippen molar-refractivity contribution in [3.63, 3.8) is 0 Å². The van der Waals surface area contributed by atoms with Crippen molar-refractivity contribution in [3.05, 3.63) is 21.6 Å². The molecular weight excluding hydrogens is 286 g/mol. The largest absolute Gasteiger partial charge is 0.383 e. The summed E-state index contributed by atoms with van der Waals surface area (Å²) in [6.07, 6.45) is 5.87. The Hall–Kier alpha value is -0.720. The molecule has 0 bridgehead atoms. The second-order valence-corrected chi connectivity index (χ2v) is 5.38. The van der Waals surface area contributed by atoms with Gasteiger partial charge in [-0.05, 0) is 24.9 Å². The van der Waals surface area contributed by atoms with Gasteiger partial charge < -0.3 is 10.1 Å². The summed E-state index contributed by atoms with van der Waals surface area (Å²) in [4.78, 5) is 11.9. The Morgan fingerprint density at radius 1 is 1.53 bits per heavy atom. The summed E-state index contributed by atoms with van der Waals surface area (Å²) in [6.45, 7) is 1.64. The first-order chi connectivity index (χ1) is 9.20. The third kappa shape index (κ3) is 5.42. The van der Waals surface area contributed by atoms with E-state index in [-0.39, 0.29) is 10.6 Å². The zero-order chi connectivity index (χ0) is 14.1. The summed E-state index contributed by atoms with van der Waals surface area (Å²) in [5.74, 6) is 1.15. The lowest BCUT2D eigenvalue weighted by atomic mass is 10.3. The Bertz CT molecular complexity index is 439. The van der Waals surface area contributed by atoms with Crippen molar-refractivity contribution in [2.75, 3.05) is 37.6 Å². The molecule has 0 saturated carbocycles. The van der Waals surface area contributed by atoms with Gasteiger partial charge in [0.05, 0.1) is 25.0 Å². The zero-order valence-electron chi connectivity index (χ0n) is 11.3. The van der Waals surface area contributed by atoms with Crippen molar-refractivity contribution in [1.29, 1.82) is 0 Å². The van der Waals surface area contributed by atoms with E-state index in [4.69, 9.17) is 16.3 Å². The first-order valence-corrected chi connectivity index (χ1v) is 7.95. The van der Waals surface area contributed by atoms with Crippen LogP contribution < -0.4 is 10.9 Å². The monoisotopic (exact) mass is 305 g/mol. The van der Waals surface area contributed by atoms with E-state index < -0.39 is 0 Å². The number of rotatable bonds is 9. The van der Waals surface area contributed by atoms with Crippen LogP contribution in [0.2, 0.25) is 5.02 Å². The Labute approximate surface area is 122 Å². The molecular formula is C12H20ClN3O2S. The van der Waals surface area contributed by atoms with Crippen LogP contribution in [-0.4, -0.2) is 42.1 Å². The molecule has 7 heteroatoms. The van der Waals surface area contributed by atoms with Crippen LogP contribution in [0.3, 0.4) is 0 Å². The molecule has 1 rings (SSSR count). The Balaban J connectivity index is 2.56. The van der Waals surface area contributed by atoms with Gasteiger partial charge in [-0.3, -0.25) is 4.79 Å². The minimum atomic E-state index is -0.284. The summed E-state index contributed by atoms with van der Waals surface area (Å²) in [5.41, 5.74) is 0.317. The van der Waals surface area contributed by atoms with Gasteiger partial charge >= 0.3 is 0 Å². The minimum absolute atomic E-state index is 0.191. The van der Waals surface area contributed by atoms with Crippen LogP contribution in [0.25, 0.3) is 0 Å². The maximum Gasteiger partial charge on any atom is 0.287 e. The number of anilines is 1. The average Bonchev–Trinajstić information content (AvgIpc) is 2.42. The molecule has 108 valence electrons. The topological polar surface area (TPSA) is 56.1 Å². The lowest BCUT2D eigenvalue weighted by Crippen LogP contribution is -2.26. The number of hydrogen-bond donors (Lipinski definition) is 1. The number of thioether (sulfide) groups is 1. The molecule has 0 aromatic carbocycles. The van der Waals surface area contributed by atoms with Crippen LogP contribution in [0.15, 0.2) is 11.0 Å². The summed E-state index contributed by atoms with van der Waals surface area (Å²) in [7, 11) is 1.58. The predicted molar refractivity (Wildman–Crippen MR) is 81.5 cm³/mol. The molecule has 1 N–H and O–H groups in total. The highest BCUT2D eigenvalue weighted by Gasteiger charge is 2.08. The highest BCUT2D eigenvalue weighted by atomic mass is 35.5. The van der Waals surface area contributed by atoms with Crippen molar-refractivity contribution in [2.45, 2.75) is 19.4 Å². The maximum absolute atomic E-state index is 11.9. The molecule has 19 heavy (non-hydrogen) atoms. The van der Waals surface area contributed by atoms with E-state index in [1.165, 1.54) is 4.68 Å². The molecule has 0 spiro atoms. The van der Waals surface area contributed by atoms with Crippen LogP contribution in [0.5, 0.6) is 0 Å². The maximum atomic E-state index is 11.9. The van der Waals surface area contributed by atoms with E-state index >= 15 is 0 Å². The van der Waals surface area contributed by atoms with E-state index in [1.54, 1.807) is 13.3 Å². The normalized spacial score (nSPS) is 10.7. The third-order valence-corrected chi connectivity index (χ3v) is 3.64. The number of ether oxygens (including phenoxy) is 1. The molecule has 0 aliphatic heterocycles. The Kier molecular flexibility index (Phi) is 7.93. The molecule has 1 aromatic heterocycles. The van der Waals surface area contributed by atoms with E-state index in [0.29, 0.717) is 18.8 Å². The highest BCUT2D eigenvalue weighted by Crippen LogP contribution is 2.15. The van der Waals surface area contributed by atoms with Crippen molar-refractivity contribution < 1.29 is 4.74 Å². The van der Waals surface area contributed by atoms with Gasteiger partial charge in [-0.25, -0.2) is 4.68 Å². The van der Waals surface area contributed by atoms with Crippen LogP contribution in [-0.2, 0) is 11.3 Å². The third-order valence-electron chi connectivity index (χ3n) is 2.58. The molecule has 0 fully saturated rings. The fourth-order valence-electron chi connectivity index (χ4n) is 1.52. The summed E-state index contributed by atoms with van der Waals surface area (Å²) < 4.78 is 6.22.